The van der Waals surface area contributed by atoms with Crippen LogP contribution in [-0.4, -0.2) is 5.78 Å². The van der Waals surface area contributed by atoms with Gasteiger partial charge < -0.3 is 0 Å². The van der Waals surface area contributed by atoms with E-state index in [1.54, 1.807) is 0 Å². The molecule has 2 aliphatic carbocycles. The third-order valence-corrected chi connectivity index (χ3v) is 3.42. The molecule has 0 N–H and O–H groups in total. The highest BCUT2D eigenvalue weighted by Crippen LogP contribution is 2.65. The lowest BCUT2D eigenvalue weighted by Gasteiger charge is -2.14. The Kier molecular flexibility index (Phi) is 1.04. The number of carbonyl (C=O) groups excluding carboxylic acids is 1. The van der Waals surface area contributed by atoms with Gasteiger partial charge in [-0.3, -0.25) is 4.79 Å². The summed E-state index contributed by atoms with van der Waals surface area (Å²) in [6.07, 6.45) is 3.24. The van der Waals surface area contributed by atoms with Gasteiger partial charge in [0.1, 0.15) is 5.78 Å². The molecule has 0 radical (unpaired) electrons. The average Bonchev–Trinajstić information content (AvgIpc) is 2.52. The fourth-order valence-electron chi connectivity index (χ4n) is 2.62. The molecular formula is C9H14O. The smallest absolute Gasteiger partial charge is 0.139 e. The molecule has 2 unspecified atom stereocenters. The second kappa shape index (κ2) is 1.63. The van der Waals surface area contributed by atoms with Crippen LogP contribution in [0.15, 0.2) is 0 Å². The zero-order valence-electron chi connectivity index (χ0n) is 6.68. The Morgan fingerprint density at radius 2 is 2.30 bits per heavy atom. The molecule has 0 aliphatic heterocycles. The van der Waals surface area contributed by atoms with Crippen molar-refractivity contribution in [1.82, 2.24) is 0 Å². The second-order valence-electron chi connectivity index (χ2n) is 4.06. The van der Waals surface area contributed by atoms with Crippen LogP contribution in [0.1, 0.15) is 33.1 Å². The van der Waals surface area contributed by atoms with E-state index in [2.05, 4.69) is 13.8 Å². The Hall–Kier alpha value is -0.330. The molecule has 2 aliphatic rings. The van der Waals surface area contributed by atoms with Gasteiger partial charge in [-0.1, -0.05) is 13.8 Å². The van der Waals surface area contributed by atoms with E-state index >= 15 is 0 Å². The molecule has 0 aromatic rings. The van der Waals surface area contributed by atoms with Crippen molar-refractivity contribution >= 4 is 5.78 Å². The minimum absolute atomic E-state index is 0.181. The minimum atomic E-state index is 0.181. The van der Waals surface area contributed by atoms with E-state index < -0.39 is 0 Å². The highest BCUT2D eigenvalue weighted by molar-refractivity contribution is 5.90. The van der Waals surface area contributed by atoms with E-state index in [1.165, 1.54) is 12.8 Å². The van der Waals surface area contributed by atoms with Crippen molar-refractivity contribution in [2.75, 3.05) is 0 Å². The summed E-state index contributed by atoms with van der Waals surface area (Å²) in [4.78, 5) is 11.4. The van der Waals surface area contributed by atoms with Gasteiger partial charge in [0.25, 0.3) is 0 Å². The van der Waals surface area contributed by atoms with Crippen molar-refractivity contribution in [3.8, 4) is 0 Å². The quantitative estimate of drug-likeness (QED) is 0.541. The summed E-state index contributed by atoms with van der Waals surface area (Å²) in [5.41, 5.74) is 0.181. The first-order valence-electron chi connectivity index (χ1n) is 4.21. The predicted molar refractivity (Wildman–Crippen MR) is 39.6 cm³/mol. The summed E-state index contributed by atoms with van der Waals surface area (Å²) in [6, 6.07) is 0. The lowest BCUT2D eigenvalue weighted by atomic mass is 9.89. The van der Waals surface area contributed by atoms with Crippen molar-refractivity contribution in [1.29, 1.82) is 0 Å². The highest BCUT2D eigenvalue weighted by atomic mass is 16.1. The number of ketones is 1. The summed E-state index contributed by atoms with van der Waals surface area (Å²) in [5, 5.41) is 0. The Bertz CT molecular complexity index is 179. The fourth-order valence-corrected chi connectivity index (χ4v) is 2.62. The van der Waals surface area contributed by atoms with Gasteiger partial charge in [0.15, 0.2) is 0 Å². The van der Waals surface area contributed by atoms with Crippen LogP contribution in [-0.2, 0) is 4.79 Å². The third-order valence-electron chi connectivity index (χ3n) is 3.42. The molecule has 10 heavy (non-hydrogen) atoms. The summed E-state index contributed by atoms with van der Waals surface area (Å²) >= 11 is 0. The molecule has 0 amide bonds. The Morgan fingerprint density at radius 3 is 2.50 bits per heavy atom. The maximum absolute atomic E-state index is 11.4. The zero-order valence-corrected chi connectivity index (χ0v) is 6.68. The molecular weight excluding hydrogens is 124 g/mol. The molecule has 2 atom stereocenters. The van der Waals surface area contributed by atoms with Gasteiger partial charge in [-0.25, -0.2) is 0 Å². The standard InChI is InChI=1S/C9H14O/c1-6(2)9-5-7(9)3-4-8(9)10/h6-7H,3-5H2,1-2H3. The Morgan fingerprint density at radius 1 is 1.60 bits per heavy atom. The molecule has 1 nitrogen and oxygen atoms in total. The number of carbonyl (C=O) groups is 1. The number of hydrogen-bond acceptors (Lipinski definition) is 1. The molecule has 56 valence electrons. The van der Waals surface area contributed by atoms with Crippen LogP contribution in [0.3, 0.4) is 0 Å². The third kappa shape index (κ3) is 0.518. The van der Waals surface area contributed by atoms with E-state index in [0.29, 0.717) is 11.7 Å². The SMILES string of the molecule is CC(C)C12CC1CCC2=O. The number of hydrogen-bond donors (Lipinski definition) is 0. The number of Topliss-reactive ketones (excluding diaryl/α,β-unsaturated/α-hetero) is 1. The predicted octanol–water partition coefficient (Wildman–Crippen LogP) is 2.01. The second-order valence-corrected chi connectivity index (χ2v) is 4.06. The topological polar surface area (TPSA) is 17.1 Å². The van der Waals surface area contributed by atoms with Gasteiger partial charge >= 0.3 is 0 Å². The summed E-state index contributed by atoms with van der Waals surface area (Å²) in [5.74, 6) is 1.92. The fraction of sp³-hybridized carbons (Fsp3) is 0.889. The van der Waals surface area contributed by atoms with Gasteiger partial charge in [0.2, 0.25) is 0 Å². The molecule has 0 aromatic heterocycles. The summed E-state index contributed by atoms with van der Waals surface area (Å²) in [7, 11) is 0. The lowest BCUT2D eigenvalue weighted by molar-refractivity contribution is -0.124. The van der Waals surface area contributed by atoms with Crippen molar-refractivity contribution in [3.05, 3.63) is 0 Å². The first-order valence-corrected chi connectivity index (χ1v) is 4.21. The highest BCUT2D eigenvalue weighted by Gasteiger charge is 2.64. The van der Waals surface area contributed by atoms with Crippen molar-refractivity contribution in [2.45, 2.75) is 33.1 Å². The van der Waals surface area contributed by atoms with Gasteiger partial charge in [-0.15, -0.1) is 0 Å². The maximum Gasteiger partial charge on any atom is 0.139 e. The molecule has 0 heterocycles. The van der Waals surface area contributed by atoms with Crippen molar-refractivity contribution < 1.29 is 4.79 Å². The van der Waals surface area contributed by atoms with Crippen LogP contribution in [0, 0.1) is 17.3 Å². The summed E-state index contributed by atoms with van der Waals surface area (Å²) < 4.78 is 0. The number of fused-ring (bicyclic) bond motifs is 1. The van der Waals surface area contributed by atoms with Gasteiger partial charge in [0, 0.05) is 11.8 Å². The molecule has 0 aromatic carbocycles. The van der Waals surface area contributed by atoms with E-state index in [-0.39, 0.29) is 5.41 Å². The Labute approximate surface area is 61.8 Å². The van der Waals surface area contributed by atoms with Gasteiger partial charge in [-0.05, 0) is 24.7 Å². The van der Waals surface area contributed by atoms with Crippen LogP contribution in [0.25, 0.3) is 0 Å². The molecule has 0 bridgehead atoms. The zero-order chi connectivity index (χ0) is 7.35. The molecule has 0 spiro atoms. The lowest BCUT2D eigenvalue weighted by Crippen LogP contribution is -2.18. The van der Waals surface area contributed by atoms with E-state index in [4.69, 9.17) is 0 Å². The van der Waals surface area contributed by atoms with Gasteiger partial charge in [-0.2, -0.15) is 0 Å². The summed E-state index contributed by atoms with van der Waals surface area (Å²) in [6.45, 7) is 4.37. The van der Waals surface area contributed by atoms with Crippen LogP contribution in [0.4, 0.5) is 0 Å². The largest absolute Gasteiger partial charge is 0.299 e. The van der Waals surface area contributed by atoms with Crippen molar-refractivity contribution in [2.24, 2.45) is 17.3 Å². The Balaban J connectivity index is 2.25. The van der Waals surface area contributed by atoms with E-state index in [0.717, 1.165) is 12.3 Å². The molecule has 2 saturated carbocycles. The van der Waals surface area contributed by atoms with Crippen LogP contribution in [0.2, 0.25) is 0 Å². The maximum atomic E-state index is 11.4. The normalized spacial score (nSPS) is 44.3. The van der Waals surface area contributed by atoms with Crippen LogP contribution in [0.5, 0.6) is 0 Å². The molecule has 2 rings (SSSR count). The molecule has 1 heteroatoms. The first-order chi connectivity index (χ1) is 4.68. The van der Waals surface area contributed by atoms with Crippen molar-refractivity contribution in [3.63, 3.8) is 0 Å². The minimum Gasteiger partial charge on any atom is -0.299 e. The average molecular weight is 138 g/mol. The van der Waals surface area contributed by atoms with E-state index in [1.807, 2.05) is 0 Å². The van der Waals surface area contributed by atoms with Crippen LogP contribution >= 0.6 is 0 Å². The van der Waals surface area contributed by atoms with E-state index in [9.17, 15) is 4.79 Å². The molecule has 0 saturated heterocycles. The van der Waals surface area contributed by atoms with Gasteiger partial charge in [0.05, 0.1) is 0 Å². The van der Waals surface area contributed by atoms with Crippen LogP contribution < -0.4 is 0 Å². The molecule has 2 fully saturated rings. The number of rotatable bonds is 1. The first kappa shape index (κ1) is 6.38. The monoisotopic (exact) mass is 138 g/mol.